The van der Waals surface area contributed by atoms with E-state index >= 15 is 0 Å². The molecule has 3 unspecified atom stereocenters. The Morgan fingerprint density at radius 2 is 1.84 bits per heavy atom. The maximum absolute atomic E-state index is 13.7. The van der Waals surface area contributed by atoms with Gasteiger partial charge in [-0.15, -0.1) is 0 Å². The first-order valence-corrected chi connectivity index (χ1v) is 7.29. The number of rotatable bonds is 4. The molecule has 0 radical (unpaired) electrons. The Hall–Kier alpha value is -0.930. The molecule has 0 amide bonds. The monoisotopic (exact) mass is 264 g/mol. The van der Waals surface area contributed by atoms with Crippen LogP contribution in [-0.4, -0.2) is 6.04 Å². The zero-order valence-corrected chi connectivity index (χ0v) is 11.9. The fraction of sp³-hybridized carbons (Fsp3) is 0.625. The number of halogens is 1. The standard InChI is InChI=1S/C16H25FN2/c1-11-7-12(2)9-14(8-11)16(19-18)10-13-5-3-4-6-15(13)17/h3-6,11-12,14,16,19H,7-10,18H2,1-2H3. The van der Waals surface area contributed by atoms with E-state index in [4.69, 9.17) is 5.84 Å². The Bertz CT molecular complexity index is 397. The van der Waals surface area contributed by atoms with Crippen molar-refractivity contribution in [1.82, 2.24) is 5.43 Å². The third kappa shape index (κ3) is 3.77. The van der Waals surface area contributed by atoms with E-state index < -0.39 is 0 Å². The van der Waals surface area contributed by atoms with E-state index in [9.17, 15) is 4.39 Å². The fourth-order valence-corrected chi connectivity index (χ4v) is 3.60. The number of hydrazine groups is 1. The summed E-state index contributed by atoms with van der Waals surface area (Å²) in [5.74, 6) is 7.62. The molecule has 1 fully saturated rings. The lowest BCUT2D eigenvalue weighted by Gasteiger charge is -2.36. The first-order chi connectivity index (χ1) is 9.10. The highest BCUT2D eigenvalue weighted by Crippen LogP contribution is 2.35. The van der Waals surface area contributed by atoms with E-state index in [1.807, 2.05) is 12.1 Å². The maximum atomic E-state index is 13.7. The van der Waals surface area contributed by atoms with Crippen LogP contribution in [0.4, 0.5) is 4.39 Å². The molecule has 0 bridgehead atoms. The highest BCUT2D eigenvalue weighted by molar-refractivity contribution is 5.18. The molecule has 106 valence electrons. The van der Waals surface area contributed by atoms with Gasteiger partial charge in [0.2, 0.25) is 0 Å². The minimum Gasteiger partial charge on any atom is -0.271 e. The van der Waals surface area contributed by atoms with Crippen LogP contribution in [0.1, 0.15) is 38.7 Å². The molecular formula is C16H25FN2. The topological polar surface area (TPSA) is 38.0 Å². The average Bonchev–Trinajstić information content (AvgIpc) is 2.36. The Morgan fingerprint density at radius 1 is 1.21 bits per heavy atom. The van der Waals surface area contributed by atoms with Gasteiger partial charge in [-0.05, 0) is 55.1 Å². The van der Waals surface area contributed by atoms with Crippen molar-refractivity contribution >= 4 is 0 Å². The third-order valence-electron chi connectivity index (χ3n) is 4.40. The number of hydrogen-bond acceptors (Lipinski definition) is 2. The van der Waals surface area contributed by atoms with E-state index in [1.54, 1.807) is 6.07 Å². The molecule has 1 saturated carbocycles. The van der Waals surface area contributed by atoms with Gasteiger partial charge in [0.05, 0.1) is 0 Å². The van der Waals surface area contributed by atoms with Crippen molar-refractivity contribution in [2.24, 2.45) is 23.6 Å². The molecule has 1 aliphatic rings. The van der Waals surface area contributed by atoms with Gasteiger partial charge >= 0.3 is 0 Å². The lowest BCUT2D eigenvalue weighted by molar-refractivity contribution is 0.175. The molecule has 2 nitrogen and oxygen atoms in total. The SMILES string of the molecule is CC1CC(C)CC(C(Cc2ccccc2F)NN)C1. The molecular weight excluding hydrogens is 239 g/mol. The quantitative estimate of drug-likeness (QED) is 0.647. The summed E-state index contributed by atoms with van der Waals surface area (Å²) < 4.78 is 13.7. The van der Waals surface area contributed by atoms with Gasteiger partial charge in [0.25, 0.3) is 0 Å². The van der Waals surface area contributed by atoms with Crippen molar-refractivity contribution in [1.29, 1.82) is 0 Å². The zero-order valence-electron chi connectivity index (χ0n) is 11.9. The van der Waals surface area contributed by atoms with Gasteiger partial charge in [0.1, 0.15) is 5.82 Å². The number of nitrogens with one attached hydrogen (secondary N) is 1. The van der Waals surface area contributed by atoms with Crippen LogP contribution in [0.25, 0.3) is 0 Å². The van der Waals surface area contributed by atoms with Crippen LogP contribution < -0.4 is 11.3 Å². The van der Waals surface area contributed by atoms with E-state index in [1.165, 1.54) is 25.3 Å². The predicted octanol–water partition coefficient (Wildman–Crippen LogP) is 3.27. The Labute approximate surface area is 115 Å². The zero-order chi connectivity index (χ0) is 13.8. The van der Waals surface area contributed by atoms with Crippen LogP contribution in [0, 0.1) is 23.6 Å². The summed E-state index contributed by atoms with van der Waals surface area (Å²) in [7, 11) is 0. The molecule has 0 spiro atoms. The molecule has 0 saturated heterocycles. The average molecular weight is 264 g/mol. The van der Waals surface area contributed by atoms with E-state index in [2.05, 4.69) is 19.3 Å². The Kier molecular flexibility index (Phi) is 4.94. The van der Waals surface area contributed by atoms with Crippen LogP contribution >= 0.6 is 0 Å². The van der Waals surface area contributed by atoms with Crippen molar-refractivity contribution in [2.75, 3.05) is 0 Å². The van der Waals surface area contributed by atoms with Gasteiger partial charge in [0, 0.05) is 6.04 Å². The number of benzene rings is 1. The lowest BCUT2D eigenvalue weighted by Crippen LogP contribution is -2.45. The maximum Gasteiger partial charge on any atom is 0.126 e. The van der Waals surface area contributed by atoms with Crippen LogP contribution in [-0.2, 0) is 6.42 Å². The molecule has 1 aromatic rings. The molecule has 3 atom stereocenters. The summed E-state index contributed by atoms with van der Waals surface area (Å²) in [6, 6.07) is 7.17. The highest BCUT2D eigenvalue weighted by Gasteiger charge is 2.29. The van der Waals surface area contributed by atoms with Crippen molar-refractivity contribution < 1.29 is 4.39 Å². The summed E-state index contributed by atoms with van der Waals surface area (Å²) in [5, 5.41) is 0. The minimum absolute atomic E-state index is 0.125. The normalized spacial score (nSPS) is 29.2. The summed E-state index contributed by atoms with van der Waals surface area (Å²) >= 11 is 0. The minimum atomic E-state index is -0.125. The van der Waals surface area contributed by atoms with Crippen LogP contribution in [0.3, 0.4) is 0 Å². The van der Waals surface area contributed by atoms with Gasteiger partial charge < -0.3 is 0 Å². The van der Waals surface area contributed by atoms with E-state index in [0.29, 0.717) is 12.3 Å². The summed E-state index contributed by atoms with van der Waals surface area (Å²) in [5.41, 5.74) is 3.68. The molecule has 0 aliphatic heterocycles. The molecule has 1 aliphatic carbocycles. The van der Waals surface area contributed by atoms with Crippen molar-refractivity contribution in [3.05, 3.63) is 35.6 Å². The summed E-state index contributed by atoms with van der Waals surface area (Å²) in [6.45, 7) is 4.61. The summed E-state index contributed by atoms with van der Waals surface area (Å²) in [6.07, 6.45) is 4.35. The van der Waals surface area contributed by atoms with Crippen LogP contribution in [0.5, 0.6) is 0 Å². The third-order valence-corrected chi connectivity index (χ3v) is 4.40. The second kappa shape index (κ2) is 6.49. The van der Waals surface area contributed by atoms with Gasteiger partial charge in [-0.1, -0.05) is 32.0 Å². The second-order valence-corrected chi connectivity index (χ2v) is 6.25. The molecule has 1 aromatic carbocycles. The summed E-state index contributed by atoms with van der Waals surface area (Å²) in [4.78, 5) is 0. The smallest absolute Gasteiger partial charge is 0.126 e. The highest BCUT2D eigenvalue weighted by atomic mass is 19.1. The van der Waals surface area contributed by atoms with Crippen molar-refractivity contribution in [3.8, 4) is 0 Å². The molecule has 2 rings (SSSR count). The van der Waals surface area contributed by atoms with E-state index in [0.717, 1.165) is 17.4 Å². The second-order valence-electron chi connectivity index (χ2n) is 6.25. The molecule has 19 heavy (non-hydrogen) atoms. The van der Waals surface area contributed by atoms with Crippen molar-refractivity contribution in [2.45, 2.75) is 45.6 Å². The van der Waals surface area contributed by atoms with E-state index in [-0.39, 0.29) is 11.9 Å². The number of nitrogens with two attached hydrogens (primary N) is 1. The molecule has 3 heteroatoms. The Balaban J connectivity index is 2.05. The molecule has 0 heterocycles. The van der Waals surface area contributed by atoms with Crippen LogP contribution in [0.15, 0.2) is 24.3 Å². The molecule has 3 N–H and O–H groups in total. The Morgan fingerprint density at radius 3 is 2.42 bits per heavy atom. The fourth-order valence-electron chi connectivity index (χ4n) is 3.60. The first-order valence-electron chi connectivity index (χ1n) is 7.29. The predicted molar refractivity (Wildman–Crippen MR) is 76.9 cm³/mol. The number of hydrogen-bond donors (Lipinski definition) is 2. The van der Waals surface area contributed by atoms with Gasteiger partial charge in [-0.2, -0.15) is 0 Å². The largest absolute Gasteiger partial charge is 0.271 e. The molecule has 0 aromatic heterocycles. The van der Waals surface area contributed by atoms with Gasteiger partial charge in [0.15, 0.2) is 0 Å². The van der Waals surface area contributed by atoms with Gasteiger partial charge in [-0.3, -0.25) is 11.3 Å². The van der Waals surface area contributed by atoms with Crippen LogP contribution in [0.2, 0.25) is 0 Å². The van der Waals surface area contributed by atoms with Gasteiger partial charge in [-0.25, -0.2) is 4.39 Å². The lowest BCUT2D eigenvalue weighted by atomic mass is 9.73. The van der Waals surface area contributed by atoms with Crippen molar-refractivity contribution in [3.63, 3.8) is 0 Å². The first kappa shape index (κ1) is 14.5.